The molecule has 8 heteroatoms. The maximum Gasteiger partial charge on any atom is 0.302 e. The Morgan fingerprint density at radius 1 is 0.811 bits per heavy atom. The van der Waals surface area contributed by atoms with Crippen molar-refractivity contribution in [2.45, 2.75) is 6.04 Å². The molecule has 0 aliphatic carbocycles. The Hall–Kier alpha value is -4.13. The van der Waals surface area contributed by atoms with E-state index >= 15 is 0 Å². The van der Waals surface area contributed by atoms with Crippen LogP contribution in [0.3, 0.4) is 0 Å². The van der Waals surface area contributed by atoms with Gasteiger partial charge in [0.1, 0.15) is 11.4 Å². The number of benzene rings is 4. The highest BCUT2D eigenvalue weighted by Gasteiger charge is 2.44. The van der Waals surface area contributed by atoms with Crippen LogP contribution in [-0.2, 0) is 4.79 Å². The van der Waals surface area contributed by atoms with Crippen LogP contribution >= 0.6 is 23.2 Å². The van der Waals surface area contributed by atoms with Crippen molar-refractivity contribution in [2.75, 3.05) is 10.3 Å². The second-order valence-electron chi connectivity index (χ2n) is 8.62. The zero-order valence-corrected chi connectivity index (χ0v) is 20.9. The average Bonchev–Trinajstić information content (AvgIpc) is 3.52. The number of para-hydroxylation sites is 3. The third-order valence-electron chi connectivity index (χ3n) is 6.27. The predicted molar refractivity (Wildman–Crippen MR) is 147 cm³/mol. The Kier molecular flexibility index (Phi) is 6.12. The summed E-state index contributed by atoms with van der Waals surface area (Å²) in [6, 6.07) is 31.6. The van der Waals surface area contributed by atoms with Crippen LogP contribution in [0.5, 0.6) is 0 Å². The number of anilines is 2. The third-order valence-corrected chi connectivity index (χ3v) is 6.77. The van der Waals surface area contributed by atoms with Crippen molar-refractivity contribution >= 4 is 57.6 Å². The molecule has 2 atom stereocenters. The van der Waals surface area contributed by atoms with Crippen molar-refractivity contribution in [3.8, 4) is 0 Å². The predicted octanol–water partition coefficient (Wildman–Crippen LogP) is 7.36. The first-order valence-electron chi connectivity index (χ1n) is 11.7. The fraction of sp³-hybridized carbons (Fsp3) is 0.0690. The molecule has 0 spiro atoms. The minimum Gasteiger partial charge on any atom is -0.423 e. The minimum absolute atomic E-state index is 0.134. The summed E-state index contributed by atoms with van der Waals surface area (Å²) in [5, 5.41) is 11.0. The number of rotatable bonds is 5. The van der Waals surface area contributed by atoms with E-state index in [-0.39, 0.29) is 11.9 Å². The van der Waals surface area contributed by atoms with Crippen LogP contribution in [0.25, 0.3) is 11.1 Å². The first-order valence-corrected chi connectivity index (χ1v) is 12.4. The van der Waals surface area contributed by atoms with Crippen molar-refractivity contribution in [3.63, 3.8) is 0 Å². The Morgan fingerprint density at radius 3 is 2.16 bits per heavy atom. The van der Waals surface area contributed by atoms with Crippen molar-refractivity contribution in [1.82, 2.24) is 4.98 Å². The minimum atomic E-state index is -0.697. The zero-order valence-electron chi connectivity index (χ0n) is 19.4. The Morgan fingerprint density at radius 2 is 1.46 bits per heavy atom. The van der Waals surface area contributed by atoms with E-state index in [0.29, 0.717) is 26.9 Å². The number of hydrazone groups is 1. The van der Waals surface area contributed by atoms with Gasteiger partial charge in [0.15, 0.2) is 5.58 Å². The molecule has 4 aromatic carbocycles. The molecule has 182 valence electrons. The Balaban J connectivity index is 1.47. The van der Waals surface area contributed by atoms with E-state index in [1.54, 1.807) is 12.1 Å². The largest absolute Gasteiger partial charge is 0.423 e. The standard InChI is InChI=1S/C29H20Cl2N4O2/c30-20-14-10-18(11-15-20)26-25(28(36)33-29-32-23-8-4-5-9-24(23)37-29)27(19-12-16-21(31)17-13-19)35(34-26)22-6-2-1-3-7-22/h1-17,25,27H,(H,32,33,36). The molecule has 2 heterocycles. The molecule has 0 radical (unpaired) electrons. The maximum atomic E-state index is 14.0. The molecule has 1 aromatic heterocycles. The molecular weight excluding hydrogens is 507 g/mol. The van der Waals surface area contributed by atoms with Crippen LogP contribution in [0.1, 0.15) is 17.2 Å². The molecule has 1 N–H and O–H groups in total. The van der Waals surface area contributed by atoms with Gasteiger partial charge < -0.3 is 4.42 Å². The van der Waals surface area contributed by atoms with Gasteiger partial charge in [0.25, 0.3) is 0 Å². The number of carbonyl (C=O) groups is 1. The maximum absolute atomic E-state index is 14.0. The fourth-order valence-electron chi connectivity index (χ4n) is 4.56. The van der Waals surface area contributed by atoms with Gasteiger partial charge in [-0.15, -0.1) is 0 Å². The van der Waals surface area contributed by atoms with E-state index in [0.717, 1.165) is 16.8 Å². The molecule has 6 nitrogen and oxygen atoms in total. The molecule has 1 amide bonds. The van der Waals surface area contributed by atoms with Crippen molar-refractivity contribution in [1.29, 1.82) is 0 Å². The Labute approximate surface area is 223 Å². The summed E-state index contributed by atoms with van der Waals surface area (Å²) < 4.78 is 5.79. The van der Waals surface area contributed by atoms with E-state index < -0.39 is 12.0 Å². The van der Waals surface area contributed by atoms with Crippen molar-refractivity contribution < 1.29 is 9.21 Å². The van der Waals surface area contributed by atoms with Gasteiger partial charge in [-0.3, -0.25) is 15.1 Å². The fourth-order valence-corrected chi connectivity index (χ4v) is 4.81. The van der Waals surface area contributed by atoms with Crippen LogP contribution in [0.2, 0.25) is 10.0 Å². The smallest absolute Gasteiger partial charge is 0.302 e. The summed E-state index contributed by atoms with van der Waals surface area (Å²) in [6.45, 7) is 0. The molecule has 1 aliphatic heterocycles. The number of nitrogens with zero attached hydrogens (tertiary/aromatic N) is 3. The summed E-state index contributed by atoms with van der Waals surface area (Å²) in [6.07, 6.45) is 0. The van der Waals surface area contributed by atoms with E-state index in [1.165, 1.54) is 0 Å². The molecule has 37 heavy (non-hydrogen) atoms. The molecule has 2 unspecified atom stereocenters. The first kappa shape index (κ1) is 23.3. The summed E-state index contributed by atoms with van der Waals surface area (Å²) in [7, 11) is 0. The number of nitrogens with one attached hydrogen (secondary N) is 1. The van der Waals surface area contributed by atoms with Crippen LogP contribution in [-0.4, -0.2) is 16.6 Å². The molecule has 1 aliphatic rings. The third kappa shape index (κ3) is 4.57. The topological polar surface area (TPSA) is 70.7 Å². The van der Waals surface area contributed by atoms with Crippen molar-refractivity contribution in [2.24, 2.45) is 11.0 Å². The summed E-state index contributed by atoms with van der Waals surface area (Å²) in [5.41, 5.74) is 4.39. The number of aromatic nitrogens is 1. The van der Waals surface area contributed by atoms with Gasteiger partial charge in [-0.2, -0.15) is 10.1 Å². The monoisotopic (exact) mass is 526 g/mol. The van der Waals surface area contributed by atoms with Crippen LogP contribution < -0.4 is 10.3 Å². The van der Waals surface area contributed by atoms with E-state index in [9.17, 15) is 4.79 Å². The van der Waals surface area contributed by atoms with Gasteiger partial charge >= 0.3 is 6.01 Å². The normalized spacial score (nSPS) is 17.1. The van der Waals surface area contributed by atoms with Gasteiger partial charge in [0, 0.05) is 10.0 Å². The molecular formula is C29H20Cl2N4O2. The Bertz CT molecular complexity index is 1570. The molecule has 0 bridgehead atoms. The number of hydrogen-bond acceptors (Lipinski definition) is 5. The molecule has 0 fully saturated rings. The molecule has 0 saturated carbocycles. The lowest BCUT2D eigenvalue weighted by atomic mass is 9.86. The number of carbonyl (C=O) groups excluding carboxylic acids is 1. The van der Waals surface area contributed by atoms with Gasteiger partial charge in [0.05, 0.1) is 17.4 Å². The van der Waals surface area contributed by atoms with E-state index in [2.05, 4.69) is 10.3 Å². The van der Waals surface area contributed by atoms with Gasteiger partial charge in [-0.25, -0.2) is 0 Å². The van der Waals surface area contributed by atoms with Gasteiger partial charge in [0.2, 0.25) is 5.91 Å². The lowest BCUT2D eigenvalue weighted by molar-refractivity contribution is -0.118. The number of hydrogen-bond donors (Lipinski definition) is 1. The lowest BCUT2D eigenvalue weighted by Gasteiger charge is -2.28. The van der Waals surface area contributed by atoms with Crippen LogP contribution in [0, 0.1) is 5.92 Å². The second kappa shape index (κ2) is 9.73. The number of halogens is 2. The van der Waals surface area contributed by atoms with Gasteiger partial charge in [-0.1, -0.05) is 77.8 Å². The van der Waals surface area contributed by atoms with Gasteiger partial charge in [-0.05, 0) is 59.7 Å². The van der Waals surface area contributed by atoms with E-state index in [4.69, 9.17) is 32.7 Å². The van der Waals surface area contributed by atoms with Crippen molar-refractivity contribution in [3.05, 3.63) is 124 Å². The van der Waals surface area contributed by atoms with E-state index in [1.807, 2.05) is 96.0 Å². The first-order chi connectivity index (χ1) is 18.1. The number of fused-ring (bicyclic) bond motifs is 1. The average molecular weight is 527 g/mol. The number of amides is 1. The molecule has 5 aromatic rings. The van der Waals surface area contributed by atoms with Crippen LogP contribution in [0.15, 0.2) is 113 Å². The summed E-state index contributed by atoms with van der Waals surface area (Å²) in [4.78, 5) is 18.4. The highest BCUT2D eigenvalue weighted by Crippen LogP contribution is 2.42. The second-order valence-corrected chi connectivity index (χ2v) is 9.50. The SMILES string of the molecule is O=C(Nc1nc2ccccc2o1)C1C(c2ccc(Cl)cc2)=NN(c2ccccc2)C1c1ccc(Cl)cc1. The highest BCUT2D eigenvalue weighted by molar-refractivity contribution is 6.31. The quantitative estimate of drug-likeness (QED) is 0.259. The lowest BCUT2D eigenvalue weighted by Crippen LogP contribution is -2.35. The summed E-state index contributed by atoms with van der Waals surface area (Å²) >= 11 is 12.4. The zero-order chi connectivity index (χ0) is 25.4. The number of oxazole rings is 1. The molecule has 6 rings (SSSR count). The summed E-state index contributed by atoms with van der Waals surface area (Å²) in [5.74, 6) is -0.990. The van der Waals surface area contributed by atoms with Crippen LogP contribution in [0.4, 0.5) is 11.7 Å². The molecule has 0 saturated heterocycles. The highest BCUT2D eigenvalue weighted by atomic mass is 35.5.